The van der Waals surface area contributed by atoms with Crippen molar-refractivity contribution in [3.8, 4) is 5.75 Å². The summed E-state index contributed by atoms with van der Waals surface area (Å²) >= 11 is 0. The summed E-state index contributed by atoms with van der Waals surface area (Å²) in [7, 11) is -2.17. The van der Waals surface area contributed by atoms with Gasteiger partial charge in [0, 0.05) is 6.07 Å². The van der Waals surface area contributed by atoms with Gasteiger partial charge in [-0.15, -0.1) is 0 Å². The Hall–Kier alpha value is -2.54. The second-order valence-electron chi connectivity index (χ2n) is 8.14. The number of ether oxygens (including phenoxy) is 1. The molecule has 31 heavy (non-hydrogen) atoms. The number of carbonyl (C=O) groups is 1. The summed E-state index contributed by atoms with van der Waals surface area (Å²) in [5.41, 5.74) is 4.21. The van der Waals surface area contributed by atoms with E-state index in [9.17, 15) is 13.2 Å². The highest BCUT2D eigenvalue weighted by Crippen LogP contribution is 2.28. The first kappa shape index (κ1) is 23.1. The molecule has 2 aromatic carbocycles. The van der Waals surface area contributed by atoms with E-state index in [1.165, 1.54) is 31.1 Å². The van der Waals surface area contributed by atoms with Gasteiger partial charge >= 0.3 is 0 Å². The third-order valence-corrected chi connectivity index (χ3v) is 7.14. The summed E-state index contributed by atoms with van der Waals surface area (Å²) in [6.07, 6.45) is 6.43. The maximum absolute atomic E-state index is 13.1. The molecule has 3 rings (SSSR count). The molecule has 0 radical (unpaired) electrons. The van der Waals surface area contributed by atoms with Gasteiger partial charge in [0.15, 0.2) is 0 Å². The van der Waals surface area contributed by atoms with Crippen LogP contribution in [0.4, 0.5) is 5.69 Å². The molecule has 0 bridgehead atoms. The lowest BCUT2D eigenvalue weighted by molar-refractivity contribution is -0.122. The first-order valence-corrected chi connectivity index (χ1v) is 12.6. The van der Waals surface area contributed by atoms with Crippen LogP contribution in [0.25, 0.3) is 0 Å². The van der Waals surface area contributed by atoms with Crippen LogP contribution in [0.5, 0.6) is 5.75 Å². The minimum absolute atomic E-state index is 0.172. The lowest BCUT2D eigenvalue weighted by Crippen LogP contribution is -2.48. The number of hydrogen-bond acceptors (Lipinski definition) is 4. The van der Waals surface area contributed by atoms with E-state index in [-0.39, 0.29) is 11.9 Å². The molecule has 1 aliphatic rings. The first-order chi connectivity index (χ1) is 14.7. The monoisotopic (exact) mass is 444 g/mol. The van der Waals surface area contributed by atoms with E-state index in [0.717, 1.165) is 35.4 Å². The van der Waals surface area contributed by atoms with Gasteiger partial charge in [0.1, 0.15) is 11.8 Å². The number of hydrogen-bond donors (Lipinski definition) is 1. The topological polar surface area (TPSA) is 75.7 Å². The lowest BCUT2D eigenvalue weighted by atomic mass is 9.88. The minimum Gasteiger partial charge on any atom is -0.497 e. The number of nitrogens with one attached hydrogen (secondary N) is 1. The second kappa shape index (κ2) is 9.73. The Balaban J connectivity index is 1.83. The van der Waals surface area contributed by atoms with Crippen molar-refractivity contribution in [2.45, 2.75) is 58.0 Å². The first-order valence-electron chi connectivity index (χ1n) is 10.8. The number of sulfonamides is 1. The number of benzene rings is 2. The molecule has 0 aliphatic heterocycles. The molecule has 2 atom stereocenters. The third kappa shape index (κ3) is 5.39. The van der Waals surface area contributed by atoms with Gasteiger partial charge in [0.25, 0.3) is 0 Å². The summed E-state index contributed by atoms with van der Waals surface area (Å²) in [6, 6.07) is 12.1. The van der Waals surface area contributed by atoms with Crippen LogP contribution in [0.15, 0.2) is 42.5 Å². The molecule has 0 saturated heterocycles. The molecule has 0 heterocycles. The van der Waals surface area contributed by atoms with Crippen LogP contribution >= 0.6 is 0 Å². The zero-order chi connectivity index (χ0) is 22.6. The molecule has 1 N–H and O–H groups in total. The number of rotatable bonds is 8. The fourth-order valence-corrected chi connectivity index (χ4v) is 5.41. The van der Waals surface area contributed by atoms with Crippen LogP contribution in [0.2, 0.25) is 0 Å². The molecule has 1 amide bonds. The summed E-state index contributed by atoms with van der Waals surface area (Å²) in [6.45, 7) is 3.63. The van der Waals surface area contributed by atoms with Crippen LogP contribution in [0, 0.1) is 0 Å². The summed E-state index contributed by atoms with van der Waals surface area (Å²) in [4.78, 5) is 13.1. The number of anilines is 1. The van der Waals surface area contributed by atoms with Gasteiger partial charge in [0.2, 0.25) is 15.9 Å². The molecule has 0 fully saturated rings. The molecule has 2 aromatic rings. The highest BCUT2D eigenvalue weighted by Gasteiger charge is 2.30. The van der Waals surface area contributed by atoms with Crippen molar-refractivity contribution >= 4 is 21.6 Å². The van der Waals surface area contributed by atoms with Gasteiger partial charge < -0.3 is 10.1 Å². The zero-order valence-corrected chi connectivity index (χ0v) is 19.5. The number of methoxy groups -OCH3 is 1. The second-order valence-corrected chi connectivity index (χ2v) is 10.0. The Morgan fingerprint density at radius 1 is 1.13 bits per heavy atom. The Kier molecular flexibility index (Phi) is 7.26. The van der Waals surface area contributed by atoms with Gasteiger partial charge in [-0.1, -0.05) is 31.2 Å². The van der Waals surface area contributed by atoms with E-state index in [2.05, 4.69) is 23.5 Å². The molecule has 168 valence electrons. The van der Waals surface area contributed by atoms with Gasteiger partial charge in [-0.25, -0.2) is 8.42 Å². The summed E-state index contributed by atoms with van der Waals surface area (Å²) in [5.74, 6) is 0.192. The van der Waals surface area contributed by atoms with Gasteiger partial charge in [0.05, 0.1) is 25.1 Å². The summed E-state index contributed by atoms with van der Waals surface area (Å²) < 4.78 is 31.5. The molecule has 1 aliphatic carbocycles. The summed E-state index contributed by atoms with van der Waals surface area (Å²) in [5, 5.41) is 3.06. The zero-order valence-electron chi connectivity index (χ0n) is 18.7. The number of carbonyl (C=O) groups excluding carboxylic acids is 1. The van der Waals surface area contributed by atoms with Gasteiger partial charge in [-0.2, -0.15) is 0 Å². The standard InChI is InChI=1S/C24H32N2O4S/c1-5-23(20-14-13-18-9-6-7-10-19(18)15-20)25-24(27)17(2)26(31(4,28)29)21-11-8-12-22(16-21)30-3/h8,11-17,23H,5-7,9-10H2,1-4H3,(H,25,27)/t17-,23-/m1/s1. The Morgan fingerprint density at radius 2 is 1.84 bits per heavy atom. The average Bonchev–Trinajstić information content (AvgIpc) is 2.76. The van der Waals surface area contributed by atoms with E-state index in [0.29, 0.717) is 11.4 Å². The highest BCUT2D eigenvalue weighted by atomic mass is 32.2. The van der Waals surface area contributed by atoms with Crippen molar-refractivity contribution in [2.75, 3.05) is 17.7 Å². The molecule has 0 aromatic heterocycles. The maximum Gasteiger partial charge on any atom is 0.244 e. The molecule has 0 saturated carbocycles. The molecule has 7 heteroatoms. The Morgan fingerprint density at radius 3 is 2.48 bits per heavy atom. The van der Waals surface area contributed by atoms with Crippen molar-refractivity contribution in [1.82, 2.24) is 5.32 Å². The van der Waals surface area contributed by atoms with Crippen LogP contribution in [0.3, 0.4) is 0 Å². The third-order valence-electron chi connectivity index (χ3n) is 5.90. The van der Waals surface area contributed by atoms with Crippen LogP contribution in [-0.4, -0.2) is 33.7 Å². The minimum atomic E-state index is -3.69. The van der Waals surface area contributed by atoms with Crippen molar-refractivity contribution < 1.29 is 17.9 Å². The van der Waals surface area contributed by atoms with Crippen molar-refractivity contribution in [3.63, 3.8) is 0 Å². The average molecular weight is 445 g/mol. The normalized spacial score (nSPS) is 15.5. The molecule has 6 nitrogen and oxygen atoms in total. The maximum atomic E-state index is 13.1. The highest BCUT2D eigenvalue weighted by molar-refractivity contribution is 7.92. The fourth-order valence-electron chi connectivity index (χ4n) is 4.24. The molecular formula is C24H32N2O4S. The van der Waals surface area contributed by atoms with Gasteiger partial charge in [-0.3, -0.25) is 9.10 Å². The number of amides is 1. The van der Waals surface area contributed by atoms with Crippen LogP contribution in [-0.2, 0) is 27.7 Å². The number of aryl methyl sites for hydroxylation is 2. The lowest BCUT2D eigenvalue weighted by Gasteiger charge is -2.30. The van der Waals surface area contributed by atoms with E-state index >= 15 is 0 Å². The van der Waals surface area contributed by atoms with Crippen molar-refractivity contribution in [3.05, 3.63) is 59.2 Å². The molecule has 0 unspecified atom stereocenters. The van der Waals surface area contributed by atoms with Crippen LogP contribution < -0.4 is 14.4 Å². The largest absolute Gasteiger partial charge is 0.497 e. The van der Waals surface area contributed by atoms with Crippen LogP contribution in [0.1, 0.15) is 55.8 Å². The molecule has 0 spiro atoms. The molecular weight excluding hydrogens is 412 g/mol. The van der Waals surface area contributed by atoms with E-state index in [4.69, 9.17) is 4.74 Å². The fraction of sp³-hybridized carbons (Fsp3) is 0.458. The number of nitrogens with zero attached hydrogens (tertiary/aromatic N) is 1. The predicted octanol–water partition coefficient (Wildman–Crippen LogP) is 4.00. The van der Waals surface area contributed by atoms with E-state index in [1.807, 2.05) is 6.92 Å². The smallest absolute Gasteiger partial charge is 0.244 e. The van der Waals surface area contributed by atoms with Crippen molar-refractivity contribution in [2.24, 2.45) is 0 Å². The Labute approximate surface area is 185 Å². The number of fused-ring (bicyclic) bond motifs is 1. The van der Waals surface area contributed by atoms with E-state index in [1.54, 1.807) is 31.2 Å². The predicted molar refractivity (Wildman–Crippen MR) is 124 cm³/mol. The van der Waals surface area contributed by atoms with E-state index < -0.39 is 16.1 Å². The van der Waals surface area contributed by atoms with Gasteiger partial charge in [-0.05, 0) is 67.9 Å². The Bertz CT molecular complexity index is 1040. The SMILES string of the molecule is CC[C@@H](NC(=O)[C@@H](C)N(c1cccc(OC)c1)S(C)(=O)=O)c1ccc2c(c1)CCCC2. The van der Waals surface area contributed by atoms with Crippen molar-refractivity contribution in [1.29, 1.82) is 0 Å². The quantitative estimate of drug-likeness (QED) is 0.668.